The van der Waals surface area contributed by atoms with Crippen molar-refractivity contribution in [3.8, 4) is 11.5 Å². The molecular formula is C22H23N3O6S2. The van der Waals surface area contributed by atoms with Crippen LogP contribution >= 0.6 is 11.3 Å². The second-order valence-electron chi connectivity index (χ2n) is 7.76. The minimum absolute atomic E-state index is 0.0575. The number of aryl methyl sites for hydroxylation is 2. The Hall–Kier alpha value is -3.05. The third-order valence-electron chi connectivity index (χ3n) is 5.43. The Bertz CT molecular complexity index is 1310. The van der Waals surface area contributed by atoms with Crippen LogP contribution in [0.15, 0.2) is 33.9 Å². The number of sulfone groups is 1. The summed E-state index contributed by atoms with van der Waals surface area (Å²) in [5, 5.41) is 9.71. The molecule has 33 heavy (non-hydrogen) atoms. The summed E-state index contributed by atoms with van der Waals surface area (Å²) >= 11 is 1.29. The van der Waals surface area contributed by atoms with Gasteiger partial charge in [0.15, 0.2) is 0 Å². The van der Waals surface area contributed by atoms with Gasteiger partial charge in [-0.3, -0.25) is 4.79 Å². The standard InChI is InChI=1S/C22H23N3O6S2/c1-13-8-6-7-9-14(13)19-24-25-22(31-19)33(28,29)12-17(26)23-20-18(21(27)30-2)15-10-4-3-5-11-16(15)32-20/h6-9H,3-5,10-12H2,1-2H3,(H,23,26). The average Bonchev–Trinajstić information content (AvgIpc) is 3.33. The maximum Gasteiger partial charge on any atom is 0.341 e. The summed E-state index contributed by atoms with van der Waals surface area (Å²) in [6.07, 6.45) is 4.53. The number of amides is 1. The molecule has 0 atom stereocenters. The van der Waals surface area contributed by atoms with E-state index in [0.29, 0.717) is 22.5 Å². The molecule has 0 radical (unpaired) electrons. The minimum Gasteiger partial charge on any atom is -0.465 e. The molecule has 1 aliphatic rings. The lowest BCUT2D eigenvalue weighted by atomic mass is 10.1. The second-order valence-corrected chi connectivity index (χ2v) is 10.7. The number of ether oxygens (including phenoxy) is 1. The smallest absolute Gasteiger partial charge is 0.341 e. The zero-order chi connectivity index (χ0) is 23.6. The minimum atomic E-state index is -4.19. The van der Waals surface area contributed by atoms with Gasteiger partial charge in [-0.05, 0) is 49.8 Å². The summed E-state index contributed by atoms with van der Waals surface area (Å²) in [5.74, 6) is -2.19. The Morgan fingerprint density at radius 1 is 1.15 bits per heavy atom. The van der Waals surface area contributed by atoms with Crippen molar-refractivity contribution < 1.29 is 27.2 Å². The van der Waals surface area contributed by atoms with Crippen LogP contribution < -0.4 is 5.32 Å². The average molecular weight is 490 g/mol. The van der Waals surface area contributed by atoms with E-state index in [1.165, 1.54) is 18.4 Å². The van der Waals surface area contributed by atoms with Gasteiger partial charge in [0.25, 0.3) is 0 Å². The summed E-state index contributed by atoms with van der Waals surface area (Å²) in [4.78, 5) is 26.1. The highest BCUT2D eigenvalue weighted by molar-refractivity contribution is 7.91. The molecule has 1 aromatic carbocycles. The van der Waals surface area contributed by atoms with Gasteiger partial charge in [0.1, 0.15) is 10.8 Å². The van der Waals surface area contributed by atoms with Crippen molar-refractivity contribution in [2.24, 2.45) is 0 Å². The zero-order valence-electron chi connectivity index (χ0n) is 18.2. The van der Waals surface area contributed by atoms with Crippen molar-refractivity contribution in [1.82, 2.24) is 10.2 Å². The fourth-order valence-electron chi connectivity index (χ4n) is 3.80. The number of carbonyl (C=O) groups excluding carboxylic acids is 2. The lowest BCUT2D eigenvalue weighted by Crippen LogP contribution is -2.24. The first-order valence-corrected chi connectivity index (χ1v) is 12.9. The van der Waals surface area contributed by atoms with Crippen LogP contribution in [0.2, 0.25) is 0 Å². The van der Waals surface area contributed by atoms with Gasteiger partial charge in [0.05, 0.1) is 12.7 Å². The van der Waals surface area contributed by atoms with Crippen LogP contribution in [0.5, 0.6) is 0 Å². The van der Waals surface area contributed by atoms with Crippen molar-refractivity contribution in [2.45, 2.75) is 44.3 Å². The van der Waals surface area contributed by atoms with E-state index >= 15 is 0 Å². The highest BCUT2D eigenvalue weighted by Gasteiger charge is 2.30. The van der Waals surface area contributed by atoms with Crippen LogP contribution in [0.3, 0.4) is 0 Å². The van der Waals surface area contributed by atoms with Crippen LogP contribution in [0.1, 0.15) is 45.6 Å². The number of nitrogens with zero attached hydrogens (tertiary/aromatic N) is 2. The van der Waals surface area contributed by atoms with Crippen LogP contribution in [-0.2, 0) is 32.2 Å². The molecule has 0 aliphatic heterocycles. The quantitative estimate of drug-likeness (QED) is 0.411. The molecule has 0 fully saturated rings. The molecule has 0 spiro atoms. The number of hydrogen-bond donors (Lipinski definition) is 1. The summed E-state index contributed by atoms with van der Waals surface area (Å²) in [7, 11) is -2.91. The molecule has 2 heterocycles. The van der Waals surface area contributed by atoms with Crippen molar-refractivity contribution in [3.05, 3.63) is 45.8 Å². The monoisotopic (exact) mass is 489 g/mol. The van der Waals surface area contributed by atoms with Gasteiger partial charge in [-0.2, -0.15) is 0 Å². The number of methoxy groups -OCH3 is 1. The van der Waals surface area contributed by atoms with E-state index in [1.54, 1.807) is 12.1 Å². The van der Waals surface area contributed by atoms with Crippen LogP contribution in [0.4, 0.5) is 5.00 Å². The number of carbonyl (C=O) groups is 2. The van der Waals surface area contributed by atoms with Gasteiger partial charge in [-0.15, -0.1) is 16.4 Å². The number of anilines is 1. The third kappa shape index (κ3) is 4.83. The molecule has 9 nitrogen and oxygen atoms in total. The maximum atomic E-state index is 12.7. The Morgan fingerprint density at radius 2 is 1.91 bits per heavy atom. The van der Waals surface area contributed by atoms with Crippen LogP contribution in [0, 0.1) is 6.92 Å². The van der Waals surface area contributed by atoms with Gasteiger partial charge >= 0.3 is 11.2 Å². The molecule has 0 saturated carbocycles. The summed E-state index contributed by atoms with van der Waals surface area (Å²) < 4.78 is 35.7. The fraction of sp³-hybridized carbons (Fsp3) is 0.364. The van der Waals surface area contributed by atoms with E-state index in [-0.39, 0.29) is 5.89 Å². The molecule has 174 valence electrons. The number of thiophene rings is 1. The largest absolute Gasteiger partial charge is 0.465 e. The fourth-order valence-corrected chi connectivity index (χ4v) is 6.01. The Morgan fingerprint density at radius 3 is 2.67 bits per heavy atom. The molecule has 2 aromatic heterocycles. The topological polar surface area (TPSA) is 128 Å². The third-order valence-corrected chi connectivity index (χ3v) is 7.98. The number of aromatic nitrogens is 2. The number of nitrogens with one attached hydrogen (secondary N) is 1. The molecule has 1 aliphatic carbocycles. The SMILES string of the molecule is COC(=O)c1c(NC(=O)CS(=O)(=O)c2nnc(-c3ccccc3C)o2)sc2c1CCCCC2. The van der Waals surface area contributed by atoms with E-state index in [0.717, 1.165) is 41.7 Å². The molecule has 0 saturated heterocycles. The van der Waals surface area contributed by atoms with Gasteiger partial charge < -0.3 is 14.5 Å². The van der Waals surface area contributed by atoms with E-state index < -0.39 is 32.7 Å². The van der Waals surface area contributed by atoms with Crippen molar-refractivity contribution in [1.29, 1.82) is 0 Å². The van der Waals surface area contributed by atoms with Gasteiger partial charge in [-0.1, -0.05) is 29.7 Å². The van der Waals surface area contributed by atoms with Gasteiger partial charge in [-0.25, -0.2) is 13.2 Å². The molecular weight excluding hydrogens is 466 g/mol. The van der Waals surface area contributed by atoms with Gasteiger partial charge in [0.2, 0.25) is 21.6 Å². The predicted molar refractivity (Wildman–Crippen MR) is 122 cm³/mol. The predicted octanol–water partition coefficient (Wildman–Crippen LogP) is 3.57. The molecule has 4 rings (SSSR count). The zero-order valence-corrected chi connectivity index (χ0v) is 19.8. The number of esters is 1. The van der Waals surface area contributed by atoms with Crippen LogP contribution in [0.25, 0.3) is 11.5 Å². The highest BCUT2D eigenvalue weighted by Crippen LogP contribution is 2.38. The first-order chi connectivity index (χ1) is 15.8. The Balaban J connectivity index is 1.55. The van der Waals surface area contributed by atoms with Gasteiger partial charge in [0, 0.05) is 10.4 Å². The van der Waals surface area contributed by atoms with E-state index in [4.69, 9.17) is 9.15 Å². The maximum absolute atomic E-state index is 12.7. The van der Waals surface area contributed by atoms with E-state index in [9.17, 15) is 18.0 Å². The van der Waals surface area contributed by atoms with E-state index in [2.05, 4.69) is 15.5 Å². The number of fused-ring (bicyclic) bond motifs is 1. The summed E-state index contributed by atoms with van der Waals surface area (Å²) in [5.41, 5.74) is 2.64. The second kappa shape index (κ2) is 9.44. The number of benzene rings is 1. The summed E-state index contributed by atoms with van der Waals surface area (Å²) in [6.45, 7) is 1.84. The summed E-state index contributed by atoms with van der Waals surface area (Å²) in [6, 6.07) is 7.18. The Labute approximate surface area is 195 Å². The van der Waals surface area contributed by atoms with Crippen molar-refractivity contribution in [3.63, 3.8) is 0 Å². The first-order valence-electron chi connectivity index (χ1n) is 10.4. The molecule has 3 aromatic rings. The van der Waals surface area contributed by atoms with Crippen molar-refractivity contribution in [2.75, 3.05) is 18.2 Å². The van der Waals surface area contributed by atoms with E-state index in [1.807, 2.05) is 19.1 Å². The number of rotatable bonds is 6. The molecule has 0 unspecified atom stereocenters. The molecule has 1 N–H and O–H groups in total. The number of hydrogen-bond acceptors (Lipinski definition) is 9. The highest BCUT2D eigenvalue weighted by atomic mass is 32.2. The first kappa shape index (κ1) is 23.1. The normalized spacial score (nSPS) is 13.8. The lowest BCUT2D eigenvalue weighted by molar-refractivity contribution is -0.113. The Kier molecular flexibility index (Phi) is 6.61. The molecule has 11 heteroatoms. The molecule has 1 amide bonds. The molecule has 0 bridgehead atoms. The lowest BCUT2D eigenvalue weighted by Gasteiger charge is -2.07. The van der Waals surface area contributed by atoms with Crippen molar-refractivity contribution >= 4 is 38.1 Å². The van der Waals surface area contributed by atoms with Crippen LogP contribution in [-0.4, -0.2) is 43.4 Å².